The minimum Gasteiger partial charge on any atom is -0.394 e. The molecule has 0 bridgehead atoms. The van der Waals surface area contributed by atoms with Gasteiger partial charge in [-0.25, -0.2) is 15.0 Å². The fourth-order valence-corrected chi connectivity index (χ4v) is 3.68. The van der Waals surface area contributed by atoms with Crippen LogP contribution in [-0.2, 0) is 11.3 Å². The average molecular weight is 426 g/mol. The van der Waals surface area contributed by atoms with E-state index in [0.29, 0.717) is 33.6 Å². The highest BCUT2D eigenvalue weighted by Gasteiger charge is 2.44. The molecule has 1 fully saturated rings. The Morgan fingerprint density at radius 2 is 1.86 bits per heavy atom. The van der Waals surface area contributed by atoms with Crippen LogP contribution in [0.5, 0.6) is 0 Å². The standard InChI is InChI=1S/C17H17Cl2N5O4/c18-9-2-1-3-10(19)8(9)4-20-15-12-16(22-6-21-15)24(7-23-12)17-14(27)13(26)11(5-25)28-17/h1-3,6-7,11,13-14,17,25-27H,4-5H2,(H,20,21,22)/t11-,13-,14-,17?/m1/s1. The summed E-state index contributed by atoms with van der Waals surface area (Å²) in [5.41, 5.74) is 1.57. The number of hydrogen-bond donors (Lipinski definition) is 4. The molecule has 0 aliphatic carbocycles. The first-order valence-electron chi connectivity index (χ1n) is 8.48. The lowest BCUT2D eigenvalue weighted by atomic mass is 10.1. The Kier molecular flexibility index (Phi) is 5.37. The average Bonchev–Trinajstić information content (AvgIpc) is 3.23. The molecule has 3 aromatic rings. The number of ether oxygens (including phenoxy) is 1. The molecular formula is C17H17Cl2N5O4. The zero-order chi connectivity index (χ0) is 19.8. The van der Waals surface area contributed by atoms with E-state index in [-0.39, 0.29) is 0 Å². The van der Waals surface area contributed by atoms with Gasteiger partial charge in [-0.3, -0.25) is 4.57 Å². The second-order valence-electron chi connectivity index (χ2n) is 6.33. The zero-order valence-corrected chi connectivity index (χ0v) is 15.9. The van der Waals surface area contributed by atoms with Crippen molar-refractivity contribution in [2.75, 3.05) is 11.9 Å². The van der Waals surface area contributed by atoms with Crippen LogP contribution in [0.25, 0.3) is 11.2 Å². The lowest BCUT2D eigenvalue weighted by molar-refractivity contribution is -0.0511. The Hall–Kier alpha value is -2.01. The van der Waals surface area contributed by atoms with Gasteiger partial charge in [-0.1, -0.05) is 29.3 Å². The second kappa shape index (κ2) is 7.78. The summed E-state index contributed by atoms with van der Waals surface area (Å²) in [5.74, 6) is 0.450. The summed E-state index contributed by atoms with van der Waals surface area (Å²) in [7, 11) is 0. The Bertz CT molecular complexity index is 981. The number of halogens is 2. The number of aliphatic hydroxyl groups is 3. The number of anilines is 1. The molecule has 1 saturated heterocycles. The maximum Gasteiger partial charge on any atom is 0.167 e. The maximum atomic E-state index is 10.2. The Labute approximate surface area is 169 Å². The maximum absolute atomic E-state index is 10.2. The van der Waals surface area contributed by atoms with Crippen LogP contribution >= 0.6 is 23.2 Å². The van der Waals surface area contributed by atoms with Gasteiger partial charge in [0.05, 0.1) is 12.9 Å². The van der Waals surface area contributed by atoms with E-state index in [1.165, 1.54) is 17.2 Å². The van der Waals surface area contributed by atoms with Crippen molar-refractivity contribution in [3.8, 4) is 0 Å². The van der Waals surface area contributed by atoms with E-state index in [0.717, 1.165) is 5.56 Å². The molecule has 1 unspecified atom stereocenters. The molecule has 0 radical (unpaired) electrons. The van der Waals surface area contributed by atoms with E-state index >= 15 is 0 Å². The van der Waals surface area contributed by atoms with Crippen LogP contribution in [0.15, 0.2) is 30.9 Å². The number of hydrogen-bond acceptors (Lipinski definition) is 8. The summed E-state index contributed by atoms with van der Waals surface area (Å²) in [6, 6.07) is 5.26. The predicted molar refractivity (Wildman–Crippen MR) is 102 cm³/mol. The third kappa shape index (κ3) is 3.30. The molecular weight excluding hydrogens is 409 g/mol. The van der Waals surface area contributed by atoms with E-state index in [1.54, 1.807) is 18.2 Å². The molecule has 0 saturated carbocycles. The zero-order valence-electron chi connectivity index (χ0n) is 14.4. The molecule has 9 nitrogen and oxygen atoms in total. The van der Waals surface area contributed by atoms with Crippen LogP contribution < -0.4 is 5.32 Å². The van der Waals surface area contributed by atoms with E-state index in [1.807, 2.05) is 0 Å². The lowest BCUT2D eigenvalue weighted by Crippen LogP contribution is -2.33. The normalized spacial score (nSPS) is 24.8. The van der Waals surface area contributed by atoms with E-state index in [9.17, 15) is 15.3 Å². The monoisotopic (exact) mass is 425 g/mol. The molecule has 4 rings (SSSR count). The van der Waals surface area contributed by atoms with Gasteiger partial charge in [0.1, 0.15) is 24.6 Å². The van der Waals surface area contributed by atoms with Crippen LogP contribution in [0.4, 0.5) is 5.82 Å². The van der Waals surface area contributed by atoms with Crippen LogP contribution in [-0.4, -0.2) is 59.8 Å². The van der Waals surface area contributed by atoms with Crippen LogP contribution in [0.2, 0.25) is 10.0 Å². The molecule has 148 valence electrons. The summed E-state index contributed by atoms with van der Waals surface area (Å²) in [5, 5.41) is 33.7. The first-order valence-corrected chi connectivity index (χ1v) is 9.23. The van der Waals surface area contributed by atoms with Gasteiger partial charge in [0.2, 0.25) is 0 Å². The molecule has 0 spiro atoms. The summed E-state index contributed by atoms with van der Waals surface area (Å²) >= 11 is 12.4. The van der Waals surface area contributed by atoms with Gasteiger partial charge in [-0.05, 0) is 12.1 Å². The van der Waals surface area contributed by atoms with E-state index in [2.05, 4.69) is 20.3 Å². The summed E-state index contributed by atoms with van der Waals surface area (Å²) in [4.78, 5) is 12.7. The summed E-state index contributed by atoms with van der Waals surface area (Å²) < 4.78 is 7.04. The molecule has 1 aromatic carbocycles. The third-order valence-electron chi connectivity index (χ3n) is 4.64. The van der Waals surface area contributed by atoms with Crippen molar-refractivity contribution in [3.63, 3.8) is 0 Å². The highest BCUT2D eigenvalue weighted by Crippen LogP contribution is 2.32. The predicted octanol–water partition coefficient (Wildman–Crippen LogP) is 1.36. The largest absolute Gasteiger partial charge is 0.394 e. The van der Waals surface area contributed by atoms with Crippen molar-refractivity contribution in [3.05, 3.63) is 46.5 Å². The fraction of sp³-hybridized carbons (Fsp3) is 0.353. The summed E-state index contributed by atoms with van der Waals surface area (Å²) in [6.07, 6.45) is -1.49. The topological polar surface area (TPSA) is 126 Å². The van der Waals surface area contributed by atoms with Crippen LogP contribution in [0, 0.1) is 0 Å². The molecule has 0 amide bonds. The number of aliphatic hydroxyl groups excluding tert-OH is 3. The van der Waals surface area contributed by atoms with Crippen molar-refractivity contribution in [1.29, 1.82) is 0 Å². The Morgan fingerprint density at radius 3 is 2.54 bits per heavy atom. The SMILES string of the molecule is OC[C@H]1OC(n2cnc3c(NCc4c(Cl)cccc4Cl)ncnc32)[C@H](O)[C@@H]1O. The Balaban J connectivity index is 1.62. The van der Waals surface area contributed by atoms with Crippen LogP contribution in [0.1, 0.15) is 11.8 Å². The third-order valence-corrected chi connectivity index (χ3v) is 5.35. The quantitative estimate of drug-likeness (QED) is 0.482. The number of imidazole rings is 1. The number of rotatable bonds is 5. The van der Waals surface area contributed by atoms with E-state index in [4.69, 9.17) is 27.9 Å². The molecule has 3 heterocycles. The highest BCUT2D eigenvalue weighted by molar-refractivity contribution is 6.36. The highest BCUT2D eigenvalue weighted by atomic mass is 35.5. The van der Waals surface area contributed by atoms with Gasteiger partial charge < -0.3 is 25.4 Å². The number of aromatic nitrogens is 4. The Morgan fingerprint density at radius 1 is 1.11 bits per heavy atom. The van der Waals surface area contributed by atoms with Gasteiger partial charge in [-0.2, -0.15) is 0 Å². The first kappa shape index (κ1) is 19.3. The van der Waals surface area contributed by atoms with Gasteiger partial charge in [0.25, 0.3) is 0 Å². The molecule has 4 N–H and O–H groups in total. The molecule has 11 heteroatoms. The van der Waals surface area contributed by atoms with Gasteiger partial charge in [0.15, 0.2) is 23.2 Å². The van der Waals surface area contributed by atoms with Crippen molar-refractivity contribution < 1.29 is 20.1 Å². The van der Waals surface area contributed by atoms with Crippen molar-refractivity contribution in [2.24, 2.45) is 0 Å². The van der Waals surface area contributed by atoms with E-state index < -0.39 is 31.1 Å². The summed E-state index contributed by atoms with van der Waals surface area (Å²) in [6.45, 7) is -0.0902. The number of nitrogens with zero attached hydrogens (tertiary/aromatic N) is 4. The molecule has 4 atom stereocenters. The molecule has 28 heavy (non-hydrogen) atoms. The van der Waals surface area contributed by atoms with Gasteiger partial charge >= 0.3 is 0 Å². The van der Waals surface area contributed by atoms with Gasteiger partial charge in [-0.15, -0.1) is 0 Å². The molecule has 1 aliphatic rings. The van der Waals surface area contributed by atoms with Crippen molar-refractivity contribution in [1.82, 2.24) is 19.5 Å². The minimum atomic E-state index is -1.23. The number of fused-ring (bicyclic) bond motifs is 1. The first-order chi connectivity index (χ1) is 13.5. The van der Waals surface area contributed by atoms with Crippen LogP contribution in [0.3, 0.4) is 0 Å². The van der Waals surface area contributed by atoms with Gasteiger partial charge in [0, 0.05) is 22.2 Å². The molecule has 2 aromatic heterocycles. The fourth-order valence-electron chi connectivity index (χ4n) is 3.15. The minimum absolute atomic E-state index is 0.325. The smallest absolute Gasteiger partial charge is 0.167 e. The lowest BCUT2D eigenvalue weighted by Gasteiger charge is -2.16. The second-order valence-corrected chi connectivity index (χ2v) is 7.14. The molecule has 1 aliphatic heterocycles. The number of nitrogens with one attached hydrogen (secondary N) is 1. The number of benzene rings is 1. The van der Waals surface area contributed by atoms with Crippen molar-refractivity contribution >= 4 is 40.2 Å². The van der Waals surface area contributed by atoms with Crippen molar-refractivity contribution in [2.45, 2.75) is 31.1 Å².